The van der Waals surface area contributed by atoms with Gasteiger partial charge in [-0.2, -0.15) is 0 Å². The zero-order valence-corrected chi connectivity index (χ0v) is 15.3. The maximum atomic E-state index is 12.9. The van der Waals surface area contributed by atoms with Crippen LogP contribution in [0.3, 0.4) is 0 Å². The van der Waals surface area contributed by atoms with Crippen molar-refractivity contribution >= 4 is 11.8 Å². The number of carbonyl (C=O) groups is 2. The van der Waals surface area contributed by atoms with Gasteiger partial charge in [0.25, 0.3) is 11.8 Å². The van der Waals surface area contributed by atoms with E-state index < -0.39 is 5.54 Å². The molecule has 0 unspecified atom stereocenters. The Labute approximate surface area is 162 Å². The van der Waals surface area contributed by atoms with Gasteiger partial charge in [-0.15, -0.1) is 0 Å². The molecule has 7 nitrogen and oxygen atoms in total. The van der Waals surface area contributed by atoms with E-state index in [0.717, 1.165) is 0 Å². The van der Waals surface area contributed by atoms with E-state index in [1.807, 2.05) is 23.1 Å². The van der Waals surface area contributed by atoms with Crippen LogP contribution in [0.1, 0.15) is 33.6 Å². The average molecular weight is 380 g/mol. The molecule has 2 aromatic rings. The number of likely N-dealkylation sites (tertiary alicyclic amines) is 1. The first-order valence-corrected chi connectivity index (χ1v) is 9.37. The third kappa shape index (κ3) is 2.83. The van der Waals surface area contributed by atoms with Crippen LogP contribution in [-0.4, -0.2) is 48.7 Å². The first-order chi connectivity index (χ1) is 13.6. The lowest BCUT2D eigenvalue weighted by molar-refractivity contribution is 0.0555. The van der Waals surface area contributed by atoms with Gasteiger partial charge in [-0.1, -0.05) is 12.1 Å². The van der Waals surface area contributed by atoms with Crippen molar-refractivity contribution < 1.29 is 23.8 Å². The van der Waals surface area contributed by atoms with Gasteiger partial charge in [0.05, 0.1) is 11.1 Å². The maximum Gasteiger partial charge on any atom is 0.255 e. The molecular formula is C21H20N2O5. The summed E-state index contributed by atoms with van der Waals surface area (Å²) < 4.78 is 16.6. The van der Waals surface area contributed by atoms with Gasteiger partial charge in [0.1, 0.15) is 12.4 Å². The molecule has 3 heterocycles. The molecule has 28 heavy (non-hydrogen) atoms. The molecule has 0 radical (unpaired) electrons. The summed E-state index contributed by atoms with van der Waals surface area (Å²) in [5.74, 6) is 1.70. The van der Waals surface area contributed by atoms with Crippen LogP contribution in [-0.2, 0) is 0 Å². The number of nitrogens with one attached hydrogen (secondary N) is 1. The third-order valence-electron chi connectivity index (χ3n) is 5.64. The Morgan fingerprint density at radius 3 is 2.61 bits per heavy atom. The van der Waals surface area contributed by atoms with Gasteiger partial charge in [0, 0.05) is 18.7 Å². The van der Waals surface area contributed by atoms with Crippen molar-refractivity contribution in [2.45, 2.75) is 18.4 Å². The Morgan fingerprint density at radius 1 is 0.964 bits per heavy atom. The normalized spacial score (nSPS) is 19.4. The Bertz CT molecular complexity index is 950. The van der Waals surface area contributed by atoms with E-state index in [1.54, 1.807) is 24.3 Å². The third-order valence-corrected chi connectivity index (χ3v) is 5.64. The van der Waals surface area contributed by atoms with E-state index in [4.69, 9.17) is 14.2 Å². The summed E-state index contributed by atoms with van der Waals surface area (Å²) in [5.41, 5.74) is 0.675. The summed E-state index contributed by atoms with van der Waals surface area (Å²) >= 11 is 0. The topological polar surface area (TPSA) is 77.1 Å². The molecule has 7 heteroatoms. The molecule has 1 N–H and O–H groups in total. The number of benzene rings is 2. The number of carbonyl (C=O) groups excluding carboxylic acids is 2. The Hall–Kier alpha value is -3.22. The Kier molecular flexibility index (Phi) is 3.89. The van der Waals surface area contributed by atoms with Crippen LogP contribution in [0.15, 0.2) is 42.5 Å². The van der Waals surface area contributed by atoms with E-state index in [2.05, 4.69) is 5.32 Å². The lowest BCUT2D eigenvalue weighted by Crippen LogP contribution is -2.58. The summed E-state index contributed by atoms with van der Waals surface area (Å²) in [5, 5.41) is 3.15. The number of amides is 2. The van der Waals surface area contributed by atoms with Crippen LogP contribution in [0.25, 0.3) is 0 Å². The van der Waals surface area contributed by atoms with E-state index in [9.17, 15) is 9.59 Å². The largest absolute Gasteiger partial charge is 0.490 e. The molecule has 0 aliphatic carbocycles. The quantitative estimate of drug-likeness (QED) is 0.821. The summed E-state index contributed by atoms with van der Waals surface area (Å²) in [6.07, 6.45) is 1.28. The highest BCUT2D eigenvalue weighted by molar-refractivity contribution is 5.98. The molecule has 0 aromatic heterocycles. The predicted molar refractivity (Wildman–Crippen MR) is 99.8 cm³/mol. The standard InChI is InChI=1S/C21H20N2O5/c24-19-15-3-1-2-4-16(15)26-12-21(22-19)7-9-23(10-8-21)20(25)14-5-6-17-18(11-14)28-13-27-17/h1-6,11H,7-10,12-13H2,(H,22,24). The van der Waals surface area contributed by atoms with Crippen molar-refractivity contribution in [3.63, 3.8) is 0 Å². The summed E-state index contributed by atoms with van der Waals surface area (Å²) in [4.78, 5) is 27.3. The van der Waals surface area contributed by atoms with Crippen molar-refractivity contribution in [3.8, 4) is 17.2 Å². The van der Waals surface area contributed by atoms with Crippen molar-refractivity contribution in [1.82, 2.24) is 10.2 Å². The molecule has 2 amide bonds. The number of fused-ring (bicyclic) bond motifs is 2. The van der Waals surface area contributed by atoms with Gasteiger partial charge in [-0.05, 0) is 43.2 Å². The molecule has 2 aromatic carbocycles. The Morgan fingerprint density at radius 2 is 1.75 bits per heavy atom. The van der Waals surface area contributed by atoms with Crippen molar-refractivity contribution in [2.75, 3.05) is 26.5 Å². The number of ether oxygens (including phenoxy) is 3. The second-order valence-electron chi connectivity index (χ2n) is 7.38. The minimum Gasteiger partial charge on any atom is -0.490 e. The summed E-state index contributed by atoms with van der Waals surface area (Å²) in [6.45, 7) is 1.68. The fourth-order valence-corrected chi connectivity index (χ4v) is 3.96. The van der Waals surface area contributed by atoms with Crippen molar-refractivity contribution in [1.29, 1.82) is 0 Å². The van der Waals surface area contributed by atoms with E-state index in [-0.39, 0.29) is 18.6 Å². The zero-order valence-electron chi connectivity index (χ0n) is 15.3. The molecule has 1 saturated heterocycles. The minimum atomic E-state index is -0.457. The lowest BCUT2D eigenvalue weighted by Gasteiger charge is -2.41. The van der Waals surface area contributed by atoms with Crippen LogP contribution in [0.5, 0.6) is 17.2 Å². The van der Waals surface area contributed by atoms with Crippen LogP contribution >= 0.6 is 0 Å². The highest BCUT2D eigenvalue weighted by atomic mass is 16.7. The van der Waals surface area contributed by atoms with Crippen LogP contribution in [0, 0.1) is 0 Å². The fraction of sp³-hybridized carbons (Fsp3) is 0.333. The maximum absolute atomic E-state index is 12.9. The number of hydrogen-bond donors (Lipinski definition) is 1. The Balaban J connectivity index is 1.29. The fourth-order valence-electron chi connectivity index (χ4n) is 3.96. The molecule has 3 aliphatic rings. The lowest BCUT2D eigenvalue weighted by atomic mass is 9.87. The number of hydrogen-bond acceptors (Lipinski definition) is 5. The smallest absolute Gasteiger partial charge is 0.255 e. The van der Waals surface area contributed by atoms with Gasteiger partial charge in [0.2, 0.25) is 6.79 Å². The van der Waals surface area contributed by atoms with Gasteiger partial charge < -0.3 is 24.4 Å². The molecule has 144 valence electrons. The molecule has 0 saturated carbocycles. The highest BCUT2D eigenvalue weighted by Gasteiger charge is 2.40. The minimum absolute atomic E-state index is 0.0442. The summed E-state index contributed by atoms with van der Waals surface area (Å²) in [6, 6.07) is 12.5. The second-order valence-corrected chi connectivity index (χ2v) is 7.38. The predicted octanol–water partition coefficient (Wildman–Crippen LogP) is 2.21. The van der Waals surface area contributed by atoms with Crippen molar-refractivity contribution in [3.05, 3.63) is 53.6 Å². The average Bonchev–Trinajstić information content (AvgIpc) is 3.15. The van der Waals surface area contributed by atoms with E-state index >= 15 is 0 Å². The second kappa shape index (κ2) is 6.44. The van der Waals surface area contributed by atoms with Gasteiger partial charge in [-0.3, -0.25) is 9.59 Å². The summed E-state index contributed by atoms with van der Waals surface area (Å²) in [7, 11) is 0. The first kappa shape index (κ1) is 16.9. The van der Waals surface area contributed by atoms with Crippen LogP contribution in [0.2, 0.25) is 0 Å². The number of rotatable bonds is 1. The number of para-hydroxylation sites is 1. The SMILES string of the molecule is O=C1NC2(CCN(C(=O)c3ccc4c(c3)OCO4)CC2)COc2ccccc21. The molecule has 0 bridgehead atoms. The molecular weight excluding hydrogens is 360 g/mol. The van der Waals surface area contributed by atoms with Crippen LogP contribution < -0.4 is 19.5 Å². The monoisotopic (exact) mass is 380 g/mol. The number of piperidine rings is 1. The number of nitrogens with zero attached hydrogens (tertiary/aromatic N) is 1. The first-order valence-electron chi connectivity index (χ1n) is 9.37. The van der Waals surface area contributed by atoms with E-state index in [1.165, 1.54) is 0 Å². The van der Waals surface area contributed by atoms with E-state index in [0.29, 0.717) is 60.9 Å². The highest BCUT2D eigenvalue weighted by Crippen LogP contribution is 2.34. The van der Waals surface area contributed by atoms with Gasteiger partial charge in [0.15, 0.2) is 11.5 Å². The van der Waals surface area contributed by atoms with Crippen LogP contribution in [0.4, 0.5) is 0 Å². The zero-order chi connectivity index (χ0) is 19.1. The van der Waals surface area contributed by atoms with Gasteiger partial charge >= 0.3 is 0 Å². The molecule has 1 fully saturated rings. The van der Waals surface area contributed by atoms with Crippen molar-refractivity contribution in [2.24, 2.45) is 0 Å². The molecule has 0 atom stereocenters. The van der Waals surface area contributed by atoms with Gasteiger partial charge in [-0.25, -0.2) is 0 Å². The molecule has 3 aliphatic heterocycles. The molecule has 1 spiro atoms. The molecule has 5 rings (SSSR count).